The van der Waals surface area contributed by atoms with Crippen LogP contribution in [-0.2, 0) is 82.5 Å². The number of aliphatic carboxylic acids is 2. The number of Topliss-reactive ketones (excluding diaryl/α,β-unsaturated/α-hetero) is 1. The lowest BCUT2D eigenvalue weighted by Gasteiger charge is -2.33. The van der Waals surface area contributed by atoms with Crippen molar-refractivity contribution in [1.82, 2.24) is 44.8 Å². The van der Waals surface area contributed by atoms with E-state index in [2.05, 4.69) is 72.6 Å². The number of allylic oxidation sites excluding steroid dienone is 7. The zero-order valence-electron chi connectivity index (χ0n) is 71.2. The number of unbranched alkanes of at least 4 members (excludes halogenated alkanes) is 4. The number of hydrogen-bond donors (Lipinski definition) is 5. The maximum absolute atomic E-state index is 14.6. The van der Waals surface area contributed by atoms with Crippen LogP contribution in [0.5, 0.6) is 5.75 Å². The minimum absolute atomic E-state index is 0.0206. The number of fused-ring (bicyclic) bond motifs is 7. The second-order valence-corrected chi connectivity index (χ2v) is 37.0. The van der Waals surface area contributed by atoms with Gasteiger partial charge in [-0.3, -0.25) is 67.1 Å². The molecule has 12 rings (SSSR count). The largest absolute Gasteiger partial charge is 0.480 e. The van der Waals surface area contributed by atoms with Gasteiger partial charge in [-0.25, -0.2) is 4.68 Å². The third kappa shape index (κ3) is 23.2. The number of anilines is 2. The number of ketones is 1. The van der Waals surface area contributed by atoms with Crippen molar-refractivity contribution in [1.29, 1.82) is 0 Å². The molecule has 0 radical (unpaired) electrons. The van der Waals surface area contributed by atoms with Gasteiger partial charge in [-0.2, -0.15) is 21.4 Å². The molecule has 31 heteroatoms. The first-order valence-electron chi connectivity index (χ1n) is 42.8. The number of para-hydroxylation sites is 2. The van der Waals surface area contributed by atoms with E-state index >= 15 is 0 Å². The molecule has 1 aromatic heterocycles. The Labute approximate surface area is 720 Å². The quantitative estimate of drug-likeness (QED) is 0.0107. The number of imide groups is 1. The van der Waals surface area contributed by atoms with Gasteiger partial charge in [0.25, 0.3) is 20.2 Å². The van der Waals surface area contributed by atoms with Gasteiger partial charge in [0, 0.05) is 169 Å². The number of nitrogens with zero attached hydrogens (tertiary/aromatic N) is 11. The minimum atomic E-state index is -4.53. The topological polar surface area (TPSA) is 363 Å². The average Bonchev–Trinajstić information content (AvgIpc) is 1.52. The molecular formula is C92H115N12O17S2+. The van der Waals surface area contributed by atoms with Crippen LogP contribution in [0.4, 0.5) is 17.1 Å². The first-order chi connectivity index (χ1) is 58.7. The van der Waals surface area contributed by atoms with E-state index in [1.807, 2.05) is 113 Å². The van der Waals surface area contributed by atoms with E-state index in [0.29, 0.717) is 105 Å². The smallest absolute Gasteiger partial charge is 0.317 e. The number of likely N-dealkylation sites (tertiary alicyclic amines) is 1. The number of ether oxygens (including phenoxy) is 1. The van der Waals surface area contributed by atoms with Crippen LogP contribution in [0.25, 0.3) is 22.5 Å². The van der Waals surface area contributed by atoms with E-state index in [0.717, 1.165) is 82.0 Å². The summed E-state index contributed by atoms with van der Waals surface area (Å²) in [6.07, 6.45) is 15.5. The molecule has 1 aliphatic carbocycles. The van der Waals surface area contributed by atoms with Crippen LogP contribution in [0.2, 0.25) is 0 Å². The van der Waals surface area contributed by atoms with Crippen LogP contribution in [0, 0.1) is 12.8 Å². The number of aryl methyl sites for hydroxylation is 2. The van der Waals surface area contributed by atoms with Crippen molar-refractivity contribution < 1.29 is 83.8 Å². The summed E-state index contributed by atoms with van der Waals surface area (Å²) >= 11 is 0. The lowest BCUT2D eigenvalue weighted by atomic mass is 9.81. The van der Waals surface area contributed by atoms with Crippen molar-refractivity contribution >= 4 is 90.3 Å². The second-order valence-electron chi connectivity index (χ2n) is 34.0. The number of rotatable bonds is 35. The van der Waals surface area contributed by atoms with Gasteiger partial charge in [0.15, 0.2) is 5.71 Å². The zero-order chi connectivity index (χ0) is 87.9. The maximum Gasteiger partial charge on any atom is 0.317 e. The lowest BCUT2D eigenvalue weighted by Crippen LogP contribution is -2.49. The van der Waals surface area contributed by atoms with E-state index in [9.17, 15) is 74.5 Å². The number of aromatic nitrogens is 3. The Morgan fingerprint density at radius 3 is 1.98 bits per heavy atom. The minimum Gasteiger partial charge on any atom is -0.480 e. The van der Waals surface area contributed by atoms with Crippen LogP contribution < -0.4 is 19.9 Å². The van der Waals surface area contributed by atoms with Gasteiger partial charge in [0.05, 0.1) is 53.6 Å². The van der Waals surface area contributed by atoms with Crippen molar-refractivity contribution in [3.8, 4) is 28.3 Å². The Kier molecular flexibility index (Phi) is 30.3. The number of benzene rings is 5. The summed E-state index contributed by atoms with van der Waals surface area (Å²) in [5.74, 6) is -2.63. The Hall–Kier alpha value is -10.7. The number of amides is 5. The van der Waals surface area contributed by atoms with Crippen molar-refractivity contribution in [2.24, 2.45) is 5.92 Å². The highest BCUT2D eigenvalue weighted by molar-refractivity contribution is 7.86. The summed E-state index contributed by atoms with van der Waals surface area (Å²) in [5, 5.41) is 32.3. The molecule has 6 heterocycles. The number of carbonyl (C=O) groups excluding carboxylic acids is 6. The molecule has 5 amide bonds. The fraction of sp³-hybridized carbons (Fsp3) is 0.467. The van der Waals surface area contributed by atoms with Crippen LogP contribution in [0.1, 0.15) is 160 Å². The van der Waals surface area contributed by atoms with E-state index in [1.54, 1.807) is 32.6 Å². The molecule has 2 fully saturated rings. The standard InChI is InChI=1S/C92H114N12O17S2/c1-64-34-38-77-74(57-64)91(3,4)79(40-35-66-24-21-25-67(89(66)121-70-27-9-7-10-28-70)36-41-80-92(5,6)75-59-71(123(118,119)120)37-39-78(75)101(80)45-19-20-56-122(115,116)117)100(77)44-17-8-11-32-81(106)93-43-42-83(108)103-60-68-23-12-13-29-72(68)88-87(73-30-14-15-31-76(73)103)94-95-104(88)47-18-16-33-82(107)99-54-52-97(62-85(110)111)50-48-96(49-51-98(53-55-99)63-86(112)113)61-69(105)26-22-46-102-84(109)58-65(2)90(102)114/h7,9-10,12-15,23,27-31,34-41,57,59,65H,8,11,16-22,24-26,32-33,42-56,58,60-63H2,1-6H3,(H4-,93,106,110,111,112,113,115,116,117,118,119,120)/p+1. The molecule has 0 saturated carbocycles. The third-order valence-electron chi connectivity index (χ3n) is 24.2. The van der Waals surface area contributed by atoms with Crippen molar-refractivity contribution in [2.45, 2.75) is 173 Å². The van der Waals surface area contributed by atoms with Crippen LogP contribution in [0.3, 0.4) is 0 Å². The first-order valence-corrected chi connectivity index (χ1v) is 45.9. The molecular weight excluding hydrogens is 1610 g/mol. The molecule has 5 aliphatic heterocycles. The number of nitrogens with one attached hydrogen (secondary N) is 1. The van der Waals surface area contributed by atoms with Gasteiger partial charge < -0.3 is 35.0 Å². The van der Waals surface area contributed by atoms with Crippen LogP contribution in [-0.4, -0.2) is 237 Å². The fourth-order valence-corrected chi connectivity index (χ4v) is 18.7. The third-order valence-corrected chi connectivity index (χ3v) is 25.9. The summed E-state index contributed by atoms with van der Waals surface area (Å²) in [5.41, 5.74) is 12.0. The monoisotopic (exact) mass is 1720 g/mol. The predicted octanol–water partition coefficient (Wildman–Crippen LogP) is 11.3. The SMILES string of the molecule is Cc1ccc2c(c1)C(C)(C)C(=CC=C1CCCC(C=CC3=[N+](CCCCS(=O)(=O)O)c4ccc(S(=O)(=O)O)cc4C3(C)C)=C1Oc1ccccc1)N2CCCCCC(=O)NCCC(=O)N1Cc2ccccc2-c2c(nnn2CCCCC(=O)N2CCN(CC(=O)O)CCN(CC(=O)CCCN3C(=O)CC(C)C3=O)CCN(CC(=O)O)CC2)-c2ccccc21. The molecule has 5 aromatic carbocycles. The average molecular weight is 1730 g/mol. The molecule has 2 saturated heterocycles. The summed E-state index contributed by atoms with van der Waals surface area (Å²) in [7, 11) is -8.72. The van der Waals surface area contributed by atoms with E-state index < -0.39 is 48.8 Å². The highest BCUT2D eigenvalue weighted by Crippen LogP contribution is 2.50. The normalized spacial score (nSPS) is 18.6. The molecule has 6 aliphatic rings. The van der Waals surface area contributed by atoms with Gasteiger partial charge in [-0.15, -0.1) is 5.10 Å². The second kappa shape index (κ2) is 40.8. The molecule has 1 atom stereocenters. The highest BCUT2D eigenvalue weighted by atomic mass is 32.2. The van der Waals surface area contributed by atoms with E-state index in [4.69, 9.17) is 9.84 Å². The zero-order valence-corrected chi connectivity index (χ0v) is 72.9. The molecule has 0 spiro atoms. The summed E-state index contributed by atoms with van der Waals surface area (Å²) in [6.45, 7) is 15.6. The lowest BCUT2D eigenvalue weighted by molar-refractivity contribution is -0.438. The number of carbonyl (C=O) groups is 8. The number of carboxylic acid groups (broad SMARTS) is 2. The van der Waals surface area contributed by atoms with Gasteiger partial charge in [0.1, 0.15) is 29.5 Å². The summed E-state index contributed by atoms with van der Waals surface area (Å²) in [6, 6.07) is 36.1. The summed E-state index contributed by atoms with van der Waals surface area (Å²) in [4.78, 5) is 117. The molecule has 6 aromatic rings. The predicted molar refractivity (Wildman–Crippen MR) is 467 cm³/mol. The van der Waals surface area contributed by atoms with E-state index in [1.165, 1.54) is 22.6 Å². The van der Waals surface area contributed by atoms with Crippen molar-refractivity contribution in [3.63, 3.8) is 0 Å². The molecule has 5 N–H and O–H groups in total. The van der Waals surface area contributed by atoms with Gasteiger partial charge in [-0.1, -0.05) is 117 Å². The van der Waals surface area contributed by atoms with Crippen molar-refractivity contribution in [3.05, 3.63) is 184 Å². The van der Waals surface area contributed by atoms with Crippen molar-refractivity contribution in [2.75, 3.05) is 114 Å². The number of carboxylic acids is 2. The van der Waals surface area contributed by atoms with Crippen LogP contribution in [0.15, 0.2) is 167 Å². The van der Waals surface area contributed by atoms with Gasteiger partial charge in [-0.05, 0) is 149 Å². The van der Waals surface area contributed by atoms with Gasteiger partial charge >= 0.3 is 11.9 Å². The Morgan fingerprint density at radius 2 is 1.28 bits per heavy atom. The van der Waals surface area contributed by atoms with E-state index in [-0.39, 0.29) is 163 Å². The number of hydrogen-bond acceptors (Lipinski definition) is 19. The Morgan fingerprint density at radius 1 is 0.626 bits per heavy atom. The summed E-state index contributed by atoms with van der Waals surface area (Å²) < 4.78 is 78.8. The molecule has 29 nitrogen and oxygen atoms in total. The maximum atomic E-state index is 14.6. The molecule has 0 bridgehead atoms. The van der Waals surface area contributed by atoms with Gasteiger partial charge in [0.2, 0.25) is 35.2 Å². The molecule has 1 unspecified atom stereocenters. The van der Waals surface area contributed by atoms with Crippen LogP contribution >= 0.6 is 0 Å². The molecule has 123 heavy (non-hydrogen) atoms. The first kappa shape index (κ1) is 91.5. The molecule has 656 valence electrons. The highest BCUT2D eigenvalue weighted by Gasteiger charge is 2.46. The Bertz CT molecular complexity index is 5330. The Balaban J connectivity index is 0.660. The fourth-order valence-electron chi connectivity index (χ4n) is 17.6.